The fourth-order valence-electron chi connectivity index (χ4n) is 2.93. The Kier molecular flexibility index (Phi) is 7.77. The van der Waals surface area contributed by atoms with Gasteiger partial charge in [0.25, 0.3) is 0 Å². The molecule has 2 aromatic rings. The predicted molar refractivity (Wildman–Crippen MR) is 122 cm³/mol. The topological polar surface area (TPSA) is 88.1 Å². The molecule has 1 heterocycles. The molecule has 7 nitrogen and oxygen atoms in total. The van der Waals surface area contributed by atoms with Crippen LogP contribution in [0.15, 0.2) is 66.2 Å². The van der Waals surface area contributed by atoms with E-state index in [2.05, 4.69) is 16.9 Å². The molecule has 0 aliphatic carbocycles. The maximum atomic E-state index is 13.1. The van der Waals surface area contributed by atoms with Crippen molar-refractivity contribution >= 4 is 46.1 Å². The monoisotopic (exact) mass is 455 g/mol. The zero-order chi connectivity index (χ0) is 23.1. The number of halogens is 1. The molecule has 1 atom stereocenters. The number of hydrogen-bond acceptors (Lipinski definition) is 6. The molecule has 0 spiro atoms. The number of anilines is 1. The maximum Gasteiger partial charge on any atom is 0.338 e. The number of nitrogens with zero attached hydrogens (tertiary/aromatic N) is 2. The minimum atomic E-state index is -0.645. The van der Waals surface area contributed by atoms with E-state index < -0.39 is 11.2 Å². The average molecular weight is 456 g/mol. The minimum absolute atomic E-state index is 0.0563. The quantitative estimate of drug-likeness (QED) is 0.477. The maximum absolute atomic E-state index is 13.1. The third-order valence-electron chi connectivity index (χ3n) is 4.43. The number of amides is 2. The lowest BCUT2D eigenvalue weighted by Gasteiger charge is -2.13. The highest BCUT2D eigenvalue weighted by molar-refractivity contribution is 8.15. The summed E-state index contributed by atoms with van der Waals surface area (Å²) in [6.07, 6.45) is 1.52. The second-order valence-corrected chi connectivity index (χ2v) is 7.93. The van der Waals surface area contributed by atoms with Gasteiger partial charge in [-0.25, -0.2) is 14.2 Å². The van der Waals surface area contributed by atoms with Crippen molar-refractivity contribution in [3.63, 3.8) is 0 Å². The van der Waals surface area contributed by atoms with Gasteiger partial charge in [0.15, 0.2) is 5.17 Å². The Hall–Kier alpha value is -3.46. The van der Waals surface area contributed by atoms with Gasteiger partial charge in [0.1, 0.15) is 11.1 Å². The normalized spacial score (nSPS) is 16.8. The van der Waals surface area contributed by atoms with Crippen LogP contribution in [0.4, 0.5) is 15.8 Å². The van der Waals surface area contributed by atoms with Crippen LogP contribution in [0.5, 0.6) is 0 Å². The van der Waals surface area contributed by atoms with Crippen LogP contribution in [0, 0.1) is 5.82 Å². The number of hydrogen-bond donors (Lipinski definition) is 1. The van der Waals surface area contributed by atoms with Crippen LogP contribution in [0.1, 0.15) is 23.7 Å². The molecule has 3 rings (SSSR count). The molecule has 1 fully saturated rings. The lowest BCUT2D eigenvalue weighted by Crippen LogP contribution is -2.33. The molecule has 0 aromatic heterocycles. The van der Waals surface area contributed by atoms with Gasteiger partial charge >= 0.3 is 5.97 Å². The van der Waals surface area contributed by atoms with Crippen molar-refractivity contribution in [2.75, 3.05) is 18.5 Å². The van der Waals surface area contributed by atoms with Crippen LogP contribution < -0.4 is 5.32 Å². The van der Waals surface area contributed by atoms with Gasteiger partial charge in [-0.1, -0.05) is 17.8 Å². The van der Waals surface area contributed by atoms with E-state index in [1.807, 2.05) is 0 Å². The second kappa shape index (κ2) is 10.7. The SMILES string of the molecule is C=CCN1C(=O)C(CC(=O)Nc2ccc(C(=O)OCC)cc2)SC1=Nc1ccc(F)cc1. The standard InChI is InChI=1S/C23H22FN3O4S/c1-3-13-27-21(29)19(32-23(27)26-18-11-7-16(24)8-12-18)14-20(28)25-17-9-5-15(6-10-17)22(30)31-4-2/h3,5-12,19H,1,4,13-14H2,2H3,(H,25,28). The van der Waals surface area contributed by atoms with E-state index in [9.17, 15) is 18.8 Å². The Labute approximate surface area is 189 Å². The van der Waals surface area contributed by atoms with E-state index in [0.29, 0.717) is 22.1 Å². The van der Waals surface area contributed by atoms with Gasteiger partial charge in [-0.3, -0.25) is 14.5 Å². The zero-order valence-corrected chi connectivity index (χ0v) is 18.2. The predicted octanol–water partition coefficient (Wildman–Crippen LogP) is 4.15. The third kappa shape index (κ3) is 5.82. The van der Waals surface area contributed by atoms with E-state index >= 15 is 0 Å². The lowest BCUT2D eigenvalue weighted by molar-refractivity contribution is -0.127. The number of nitrogens with one attached hydrogen (secondary N) is 1. The Bertz CT molecular complexity index is 1040. The number of ether oxygens (including phenoxy) is 1. The van der Waals surface area contributed by atoms with Gasteiger partial charge < -0.3 is 10.1 Å². The van der Waals surface area contributed by atoms with Crippen LogP contribution in [0.25, 0.3) is 0 Å². The number of amidine groups is 1. The molecular formula is C23H22FN3O4S. The summed E-state index contributed by atoms with van der Waals surface area (Å²) in [5.41, 5.74) is 1.39. The van der Waals surface area contributed by atoms with Gasteiger partial charge in [-0.05, 0) is 55.5 Å². The van der Waals surface area contributed by atoms with Crippen LogP contribution in [-0.4, -0.2) is 46.3 Å². The van der Waals surface area contributed by atoms with Gasteiger partial charge in [0, 0.05) is 18.7 Å². The fourth-order valence-corrected chi connectivity index (χ4v) is 4.10. The van der Waals surface area contributed by atoms with Gasteiger partial charge in [0.05, 0.1) is 17.9 Å². The number of rotatable bonds is 8. The number of carbonyl (C=O) groups excluding carboxylic acids is 3. The van der Waals surface area contributed by atoms with E-state index in [0.717, 1.165) is 0 Å². The Morgan fingerprint density at radius 1 is 1.22 bits per heavy atom. The van der Waals surface area contributed by atoms with Crippen molar-refractivity contribution in [2.24, 2.45) is 4.99 Å². The lowest BCUT2D eigenvalue weighted by atomic mass is 10.2. The van der Waals surface area contributed by atoms with Crippen molar-refractivity contribution < 1.29 is 23.5 Å². The van der Waals surface area contributed by atoms with Crippen molar-refractivity contribution in [3.05, 3.63) is 72.6 Å². The van der Waals surface area contributed by atoms with Crippen molar-refractivity contribution in [1.82, 2.24) is 4.90 Å². The summed E-state index contributed by atoms with van der Waals surface area (Å²) in [4.78, 5) is 42.9. The van der Waals surface area contributed by atoms with E-state index in [4.69, 9.17) is 4.74 Å². The molecule has 1 aliphatic heterocycles. The third-order valence-corrected chi connectivity index (χ3v) is 5.61. The van der Waals surface area contributed by atoms with Gasteiger partial charge in [-0.15, -0.1) is 6.58 Å². The number of esters is 1. The van der Waals surface area contributed by atoms with E-state index in [1.54, 1.807) is 37.3 Å². The molecule has 32 heavy (non-hydrogen) atoms. The van der Waals surface area contributed by atoms with Crippen LogP contribution in [0.3, 0.4) is 0 Å². The minimum Gasteiger partial charge on any atom is -0.462 e. The molecule has 0 radical (unpaired) electrons. The number of carbonyl (C=O) groups is 3. The first-order valence-corrected chi connectivity index (χ1v) is 10.8. The first-order valence-electron chi connectivity index (χ1n) is 9.91. The van der Waals surface area contributed by atoms with Crippen molar-refractivity contribution in [3.8, 4) is 0 Å². The molecule has 1 unspecified atom stereocenters. The molecule has 0 saturated carbocycles. The Morgan fingerprint density at radius 2 is 1.91 bits per heavy atom. The summed E-state index contributed by atoms with van der Waals surface area (Å²) < 4.78 is 18.1. The molecule has 1 N–H and O–H groups in total. The smallest absolute Gasteiger partial charge is 0.338 e. The average Bonchev–Trinajstić information content (AvgIpc) is 3.05. The Morgan fingerprint density at radius 3 is 2.53 bits per heavy atom. The van der Waals surface area contributed by atoms with Crippen LogP contribution in [-0.2, 0) is 14.3 Å². The molecule has 2 aromatic carbocycles. The van der Waals surface area contributed by atoms with Crippen LogP contribution in [0.2, 0.25) is 0 Å². The highest BCUT2D eigenvalue weighted by atomic mass is 32.2. The summed E-state index contributed by atoms with van der Waals surface area (Å²) in [5.74, 6) is -1.41. The summed E-state index contributed by atoms with van der Waals surface area (Å²) in [6, 6.07) is 11.9. The molecule has 1 aliphatic rings. The van der Waals surface area contributed by atoms with Crippen molar-refractivity contribution in [2.45, 2.75) is 18.6 Å². The van der Waals surface area contributed by atoms with E-state index in [1.165, 1.54) is 40.9 Å². The molecule has 2 amide bonds. The number of thioether (sulfide) groups is 1. The molecule has 9 heteroatoms. The highest BCUT2D eigenvalue weighted by Crippen LogP contribution is 2.32. The zero-order valence-electron chi connectivity index (χ0n) is 17.4. The number of benzene rings is 2. The summed E-state index contributed by atoms with van der Waals surface area (Å²) in [6.45, 7) is 5.91. The first-order chi connectivity index (χ1) is 15.4. The highest BCUT2D eigenvalue weighted by Gasteiger charge is 2.38. The molecule has 0 bridgehead atoms. The van der Waals surface area contributed by atoms with Crippen LogP contribution >= 0.6 is 11.8 Å². The Balaban J connectivity index is 1.66. The summed E-state index contributed by atoms with van der Waals surface area (Å²) >= 11 is 1.18. The molecule has 166 valence electrons. The first kappa shape index (κ1) is 23.2. The summed E-state index contributed by atoms with van der Waals surface area (Å²) in [7, 11) is 0. The van der Waals surface area contributed by atoms with Gasteiger partial charge in [-0.2, -0.15) is 0 Å². The fraction of sp³-hybridized carbons (Fsp3) is 0.217. The van der Waals surface area contributed by atoms with E-state index in [-0.39, 0.29) is 37.2 Å². The molecule has 1 saturated heterocycles. The summed E-state index contributed by atoms with van der Waals surface area (Å²) in [5, 5.41) is 2.51. The molecular weight excluding hydrogens is 433 g/mol. The van der Waals surface area contributed by atoms with Gasteiger partial charge in [0.2, 0.25) is 11.8 Å². The second-order valence-electron chi connectivity index (χ2n) is 6.76. The van der Waals surface area contributed by atoms with Crippen molar-refractivity contribution in [1.29, 1.82) is 0 Å². The number of aliphatic imine (C=N–C) groups is 1. The largest absolute Gasteiger partial charge is 0.462 e.